The fraction of sp³-hybridized carbons (Fsp3) is 0.943. The summed E-state index contributed by atoms with van der Waals surface area (Å²) in [5.41, 5.74) is 0. The molecule has 14 nitrogen and oxygen atoms in total. The molecule has 0 bridgehead atoms. The van der Waals surface area contributed by atoms with Crippen LogP contribution in [0, 0.1) is 0 Å². The molecule has 1 amide bonds. The van der Waals surface area contributed by atoms with Gasteiger partial charge in [0.05, 0.1) is 32.0 Å². The number of nitrogens with one attached hydrogen (secondary N) is 1. The van der Waals surface area contributed by atoms with Gasteiger partial charge in [-0.15, -0.1) is 0 Å². The summed E-state index contributed by atoms with van der Waals surface area (Å²) in [4.78, 5) is 13.4. The maximum Gasteiger partial charge on any atom is 0.220 e. The normalized spacial score (nSPS) is 21.8. The van der Waals surface area contributed by atoms with Crippen molar-refractivity contribution in [1.29, 1.82) is 0 Å². The summed E-state index contributed by atoms with van der Waals surface area (Å²) in [7, 11) is 0. The van der Waals surface area contributed by atoms with Crippen molar-refractivity contribution in [3.8, 4) is 0 Å². The van der Waals surface area contributed by atoms with Crippen LogP contribution < -0.4 is 5.32 Å². The van der Waals surface area contributed by atoms with Crippen molar-refractivity contribution < 1.29 is 64.6 Å². The molecule has 14 heteroatoms. The van der Waals surface area contributed by atoms with Crippen LogP contribution in [0.5, 0.6) is 0 Å². The van der Waals surface area contributed by atoms with Crippen molar-refractivity contribution in [1.82, 2.24) is 5.32 Å². The number of carbonyl (C=O) groups excluding carboxylic acids is 1. The first-order chi connectivity index (χ1) is 49.6. The Morgan fingerprint density at radius 3 is 0.970 bits per heavy atom. The number of ether oxygens (including phenoxy) is 4. The van der Waals surface area contributed by atoms with E-state index in [0.717, 1.165) is 32.1 Å². The van der Waals surface area contributed by atoms with Crippen molar-refractivity contribution in [2.24, 2.45) is 0 Å². The average molecular weight is 1440 g/mol. The predicted molar refractivity (Wildman–Crippen MR) is 420 cm³/mol. The summed E-state index contributed by atoms with van der Waals surface area (Å²) in [6.07, 6.45) is 77.3. The molecule has 0 aromatic carbocycles. The Balaban J connectivity index is 1.58. The smallest absolute Gasteiger partial charge is 0.220 e. The molecule has 0 aliphatic carbocycles. The number of unbranched alkanes of at least 4 members (excludes halogenated alkanes) is 61. The van der Waals surface area contributed by atoms with Gasteiger partial charge < -0.3 is 65.1 Å². The van der Waals surface area contributed by atoms with Crippen LogP contribution in [0.4, 0.5) is 0 Å². The van der Waals surface area contributed by atoms with E-state index in [4.69, 9.17) is 18.9 Å². The lowest BCUT2D eigenvalue weighted by atomic mass is 9.97. The largest absolute Gasteiger partial charge is 0.394 e. The SMILES string of the molecule is CCCCCCCCCCCCCCCCCCCCCCCCCCC/C=C/CC/C=C/C(O)C(COC1OC(CO)C(OC2OC(CO)C(O)C(O)C2O)C(O)C1O)NC(=O)CCCCCCCCCCCCCCCCCCCCCCCCCCCCCCCCCCCCCC. The Kier molecular flexibility index (Phi) is 67.5. The Hall–Kier alpha value is -1.53. The highest BCUT2D eigenvalue weighted by molar-refractivity contribution is 5.76. The van der Waals surface area contributed by atoms with Crippen LogP contribution in [-0.4, -0.2) is 140 Å². The maximum atomic E-state index is 13.4. The minimum Gasteiger partial charge on any atom is -0.394 e. The first kappa shape index (κ1) is 95.5. The van der Waals surface area contributed by atoms with Crippen LogP contribution in [0.15, 0.2) is 24.3 Å². The predicted octanol–water partition coefficient (Wildman–Crippen LogP) is 21.0. The van der Waals surface area contributed by atoms with Gasteiger partial charge in [-0.2, -0.15) is 0 Å². The second-order valence-electron chi connectivity index (χ2n) is 31.4. The van der Waals surface area contributed by atoms with Crippen LogP contribution in [-0.2, 0) is 23.7 Å². The van der Waals surface area contributed by atoms with E-state index in [1.54, 1.807) is 6.08 Å². The molecule has 0 saturated carbocycles. The standard InChI is InChI=1S/C87H167NO13/c1-3-5-7-9-11-13-15-17-19-21-23-25-27-29-31-33-35-36-37-38-39-41-43-45-47-49-51-53-55-57-59-61-63-65-67-69-71-79(92)88-75(74-98-86-84(97)82(95)85(78(73-90)100-86)101-87-83(96)81(94)80(93)77(72-89)99-87)76(91)70-68-66-64-62-60-58-56-54-52-50-48-46-44-42-40-34-32-30-28-26-24-22-20-18-16-14-12-10-8-6-4-2/h60,62,68,70,75-78,80-87,89-91,93-97H,3-59,61,63-67,69,71-74H2,1-2H3,(H,88,92)/b62-60+,70-68+. The van der Waals surface area contributed by atoms with E-state index in [-0.39, 0.29) is 18.9 Å². The van der Waals surface area contributed by atoms with Gasteiger partial charge in [-0.1, -0.05) is 417 Å². The van der Waals surface area contributed by atoms with E-state index < -0.39 is 86.8 Å². The highest BCUT2D eigenvalue weighted by Crippen LogP contribution is 2.31. The third-order valence-electron chi connectivity index (χ3n) is 21.9. The fourth-order valence-electron chi connectivity index (χ4n) is 15.0. The number of aliphatic hydroxyl groups excluding tert-OH is 8. The molecule has 12 unspecified atom stereocenters. The van der Waals surface area contributed by atoms with Gasteiger partial charge >= 0.3 is 0 Å². The van der Waals surface area contributed by atoms with Gasteiger partial charge in [-0.3, -0.25) is 4.79 Å². The van der Waals surface area contributed by atoms with E-state index in [1.165, 1.54) is 366 Å². The average Bonchev–Trinajstić information content (AvgIpc) is 0.791. The molecular formula is C87H167NO13. The molecule has 0 aromatic heterocycles. The number of hydrogen-bond donors (Lipinski definition) is 9. The molecule has 0 aromatic rings. The third-order valence-corrected chi connectivity index (χ3v) is 21.9. The number of allylic oxidation sites excluding steroid dienone is 3. The zero-order valence-electron chi connectivity index (χ0n) is 65.9. The molecule has 0 radical (unpaired) electrons. The van der Waals surface area contributed by atoms with E-state index >= 15 is 0 Å². The summed E-state index contributed by atoms with van der Waals surface area (Å²) < 4.78 is 22.9. The molecule has 2 fully saturated rings. The first-order valence-electron chi connectivity index (χ1n) is 44.1. The lowest BCUT2D eigenvalue weighted by Gasteiger charge is -2.46. The van der Waals surface area contributed by atoms with Crippen molar-refractivity contribution in [2.75, 3.05) is 19.8 Å². The molecule has 12 atom stereocenters. The lowest BCUT2D eigenvalue weighted by molar-refractivity contribution is -0.359. The van der Waals surface area contributed by atoms with Crippen LogP contribution in [0.3, 0.4) is 0 Å². The second-order valence-corrected chi connectivity index (χ2v) is 31.4. The summed E-state index contributed by atoms with van der Waals surface area (Å²) in [5.74, 6) is -0.238. The van der Waals surface area contributed by atoms with Crippen LogP contribution in [0.1, 0.15) is 431 Å². The van der Waals surface area contributed by atoms with Crippen molar-refractivity contribution in [3.63, 3.8) is 0 Å². The monoisotopic (exact) mass is 1430 g/mol. The van der Waals surface area contributed by atoms with Crippen LogP contribution in [0.25, 0.3) is 0 Å². The van der Waals surface area contributed by atoms with E-state index in [2.05, 4.69) is 31.3 Å². The summed E-state index contributed by atoms with van der Waals surface area (Å²) in [6.45, 7) is 2.87. The Morgan fingerprint density at radius 2 is 0.634 bits per heavy atom. The van der Waals surface area contributed by atoms with Gasteiger partial charge in [0.2, 0.25) is 5.91 Å². The molecule has 598 valence electrons. The zero-order valence-corrected chi connectivity index (χ0v) is 65.9. The molecule has 2 rings (SSSR count). The maximum absolute atomic E-state index is 13.4. The zero-order chi connectivity index (χ0) is 73.0. The number of carbonyl (C=O) groups is 1. The highest BCUT2D eigenvalue weighted by Gasteiger charge is 2.51. The van der Waals surface area contributed by atoms with E-state index in [0.29, 0.717) is 12.8 Å². The highest BCUT2D eigenvalue weighted by atomic mass is 16.7. The van der Waals surface area contributed by atoms with Gasteiger partial charge in [-0.05, 0) is 32.1 Å². The van der Waals surface area contributed by atoms with Crippen LogP contribution >= 0.6 is 0 Å². The third kappa shape index (κ3) is 53.8. The minimum absolute atomic E-state index is 0.238. The second kappa shape index (κ2) is 71.4. The van der Waals surface area contributed by atoms with Crippen LogP contribution in [0.2, 0.25) is 0 Å². The Labute approximate surface area is 621 Å². The summed E-state index contributed by atoms with van der Waals surface area (Å²) in [5, 5.41) is 87.8. The van der Waals surface area contributed by atoms with Crippen molar-refractivity contribution >= 4 is 5.91 Å². The molecule has 0 spiro atoms. The first-order valence-corrected chi connectivity index (χ1v) is 44.1. The van der Waals surface area contributed by atoms with Gasteiger partial charge in [0.25, 0.3) is 0 Å². The molecule has 2 heterocycles. The molecular weight excluding hydrogens is 1270 g/mol. The Morgan fingerprint density at radius 1 is 0.347 bits per heavy atom. The van der Waals surface area contributed by atoms with Gasteiger partial charge in [0.15, 0.2) is 12.6 Å². The molecule has 101 heavy (non-hydrogen) atoms. The number of rotatable bonds is 76. The quantitative estimate of drug-likeness (QED) is 0.0204. The Bertz CT molecular complexity index is 1790. The minimum atomic E-state index is -1.79. The van der Waals surface area contributed by atoms with Gasteiger partial charge in [-0.25, -0.2) is 0 Å². The summed E-state index contributed by atoms with van der Waals surface area (Å²) >= 11 is 0. The topological polar surface area (TPSA) is 228 Å². The molecule has 9 N–H and O–H groups in total. The van der Waals surface area contributed by atoms with Crippen molar-refractivity contribution in [2.45, 2.75) is 505 Å². The number of hydrogen-bond acceptors (Lipinski definition) is 13. The summed E-state index contributed by atoms with van der Waals surface area (Å²) in [6, 6.07) is -0.931. The van der Waals surface area contributed by atoms with E-state index in [1.807, 2.05) is 6.08 Å². The van der Waals surface area contributed by atoms with E-state index in [9.17, 15) is 45.6 Å². The van der Waals surface area contributed by atoms with Gasteiger partial charge in [0.1, 0.15) is 48.8 Å². The fourth-order valence-corrected chi connectivity index (χ4v) is 15.0. The lowest BCUT2D eigenvalue weighted by Crippen LogP contribution is -2.65. The molecule has 2 aliphatic heterocycles. The molecule has 2 aliphatic rings. The van der Waals surface area contributed by atoms with Gasteiger partial charge in [0, 0.05) is 6.42 Å². The number of aliphatic hydroxyl groups is 8. The molecule has 2 saturated heterocycles. The van der Waals surface area contributed by atoms with Crippen molar-refractivity contribution in [3.05, 3.63) is 24.3 Å². The number of amides is 1.